The van der Waals surface area contributed by atoms with Crippen molar-refractivity contribution in [2.75, 3.05) is 33.4 Å². The normalized spacial score (nSPS) is 24.8. The number of rotatable bonds is 10. The molecule has 0 radical (unpaired) electrons. The first-order valence-electron chi connectivity index (χ1n) is 12.1. The maximum atomic E-state index is 14.1. The standard InChI is InChI=1S/C25H25ClF5IN4O5/c1-34-19(33)23(20(38)35(22(34)39)6-8-40-9-7-37)21(36(23)13-14-2-4-17(26)5-3-14)41-18-11-15(24(27,28)29)10-16(12-18)25(30,31)32/h2-5,10-12,19,21,37H,6-9,13,33H2,1H3/t19?,21-,23?,36?/m1/s1. The minimum atomic E-state index is -4.96. The number of halogens is 7. The van der Waals surface area contributed by atoms with Crippen LogP contribution in [0.3, 0.4) is 0 Å². The predicted octanol–water partition coefficient (Wildman–Crippen LogP) is 3.99. The van der Waals surface area contributed by atoms with Crippen LogP contribution in [0.5, 0.6) is 5.75 Å². The zero-order valence-corrected chi connectivity index (χ0v) is 24.3. The number of carbonyl (C=O) groups is 2. The lowest BCUT2D eigenvalue weighted by atomic mass is 9.99. The highest BCUT2D eigenvalue weighted by Crippen LogP contribution is 2.50. The van der Waals surface area contributed by atoms with Crippen LogP contribution < -0.4 is 10.5 Å². The summed E-state index contributed by atoms with van der Waals surface area (Å²) in [6, 6.07) is 7.39. The Morgan fingerprint density at radius 3 is 2.29 bits per heavy atom. The number of alkyl halides is 6. The number of aliphatic hydroxyl groups is 1. The van der Waals surface area contributed by atoms with Gasteiger partial charge in [-0.1, -0.05) is 23.7 Å². The largest absolute Gasteiger partial charge is 0.472 e. The highest BCUT2D eigenvalue weighted by Gasteiger charge is 2.77. The first-order valence-corrected chi connectivity index (χ1v) is 13.6. The van der Waals surface area contributed by atoms with Crippen molar-refractivity contribution in [1.29, 1.82) is 0 Å². The molecule has 224 valence electrons. The molecule has 3 unspecified atom stereocenters. The van der Waals surface area contributed by atoms with Crippen molar-refractivity contribution in [1.82, 2.24) is 14.7 Å². The third-order valence-corrected chi connectivity index (χ3v) is 7.70. The third-order valence-electron chi connectivity index (χ3n) is 6.83. The molecule has 2 saturated heterocycles. The maximum Gasteiger partial charge on any atom is 0.416 e. The van der Waals surface area contributed by atoms with Crippen molar-refractivity contribution >= 4 is 46.1 Å². The number of urea groups is 1. The van der Waals surface area contributed by atoms with Gasteiger partial charge < -0.3 is 25.2 Å². The number of carbonyl (C=O) groups excluding carboxylic acids is 2. The maximum absolute atomic E-state index is 14.1. The molecular weight excluding hydrogens is 694 g/mol. The summed E-state index contributed by atoms with van der Waals surface area (Å²) < 4.78 is 76.5. The zero-order chi connectivity index (χ0) is 30.3. The quantitative estimate of drug-likeness (QED) is 0.126. The summed E-state index contributed by atoms with van der Waals surface area (Å²) >= 11 is 6.69. The molecule has 3 N–H and O–H groups in total. The van der Waals surface area contributed by atoms with Crippen molar-refractivity contribution in [2.24, 2.45) is 5.73 Å². The van der Waals surface area contributed by atoms with Crippen LogP contribution in [-0.4, -0.2) is 83.1 Å². The minimum absolute atomic E-state index is 0.00752. The highest BCUT2D eigenvalue weighted by molar-refractivity contribution is 14.1. The Morgan fingerprint density at radius 1 is 1.07 bits per heavy atom. The second-order valence-corrected chi connectivity index (χ2v) is 11.2. The average Bonchev–Trinajstić information content (AvgIpc) is 3.52. The van der Waals surface area contributed by atoms with Crippen molar-refractivity contribution in [3.63, 3.8) is 0 Å². The molecule has 0 saturated carbocycles. The Labute approximate surface area is 250 Å². The van der Waals surface area contributed by atoms with Gasteiger partial charge in [-0.3, -0.25) is 9.69 Å². The van der Waals surface area contributed by atoms with Gasteiger partial charge in [0.2, 0.25) is 0 Å². The Morgan fingerprint density at radius 2 is 1.71 bits per heavy atom. The monoisotopic (exact) mass is 718 g/mol. The second kappa shape index (κ2) is 11.8. The fourth-order valence-electron chi connectivity index (χ4n) is 4.71. The van der Waals surface area contributed by atoms with Gasteiger partial charge in [0.05, 0.1) is 31.9 Å². The number of amides is 3. The lowest BCUT2D eigenvalue weighted by molar-refractivity contribution is -0.140. The Hall–Kier alpha value is -2.31. The Bertz CT molecular complexity index is 1270. The minimum Gasteiger partial charge on any atom is -0.472 e. The summed E-state index contributed by atoms with van der Waals surface area (Å²) in [6.45, 7) is -0.651. The van der Waals surface area contributed by atoms with E-state index in [9.17, 15) is 31.5 Å². The summed E-state index contributed by atoms with van der Waals surface area (Å²) in [7, 11) is 1.34. The summed E-state index contributed by atoms with van der Waals surface area (Å²) in [5.74, 6) is -1.36. The van der Waals surface area contributed by atoms with E-state index in [1.807, 2.05) is 0 Å². The van der Waals surface area contributed by atoms with E-state index in [1.54, 1.807) is 24.3 Å². The summed E-state index contributed by atoms with van der Waals surface area (Å²) in [5.41, 5.74) is 2.93. The first-order chi connectivity index (χ1) is 19.1. The van der Waals surface area contributed by atoms with Gasteiger partial charge in [-0.05, 0) is 35.9 Å². The summed E-state index contributed by atoms with van der Waals surface area (Å²) in [4.78, 5) is 30.3. The number of nitrogens with zero attached hydrogens (tertiary/aromatic N) is 3. The van der Waals surface area contributed by atoms with Gasteiger partial charge in [-0.25, -0.2) is 9.69 Å². The summed E-state index contributed by atoms with van der Waals surface area (Å²) in [5, 5.41) is 9.37. The van der Waals surface area contributed by atoms with Gasteiger partial charge in [0, 0.05) is 46.8 Å². The van der Waals surface area contributed by atoms with Crippen LogP contribution in [0.4, 0.5) is 26.7 Å². The van der Waals surface area contributed by atoms with Crippen LogP contribution in [-0.2, 0) is 26.2 Å². The number of hydrogen-bond acceptors (Lipinski definition) is 7. The molecule has 2 aromatic carbocycles. The van der Waals surface area contributed by atoms with E-state index in [1.165, 1.54) is 11.9 Å². The van der Waals surface area contributed by atoms with Crippen LogP contribution >= 0.6 is 34.2 Å². The fourth-order valence-corrected chi connectivity index (χ4v) is 5.15. The first kappa shape index (κ1) is 31.6. The van der Waals surface area contributed by atoms with Crippen LogP contribution in [0.15, 0.2) is 42.5 Å². The van der Waals surface area contributed by atoms with Gasteiger partial charge in [0.15, 0.2) is 11.8 Å². The molecule has 2 aliphatic heterocycles. The molecule has 2 aliphatic rings. The molecule has 4 atom stereocenters. The van der Waals surface area contributed by atoms with Gasteiger partial charge in [0.25, 0.3) is 5.91 Å². The van der Waals surface area contributed by atoms with Crippen LogP contribution in [0.2, 0.25) is 5.02 Å². The van der Waals surface area contributed by atoms with E-state index >= 15 is 0 Å². The van der Waals surface area contributed by atoms with Crippen LogP contribution in [0, 0.1) is 0 Å². The molecule has 41 heavy (non-hydrogen) atoms. The van der Waals surface area contributed by atoms with E-state index in [0.29, 0.717) is 45.3 Å². The molecule has 3 amide bonds. The van der Waals surface area contributed by atoms with Crippen molar-refractivity contribution in [3.8, 4) is 5.75 Å². The van der Waals surface area contributed by atoms with E-state index in [0.717, 1.165) is 15.9 Å². The van der Waals surface area contributed by atoms with E-state index < -0.39 is 56.9 Å². The second-order valence-electron chi connectivity index (χ2n) is 9.42. The smallest absolute Gasteiger partial charge is 0.416 e. The van der Waals surface area contributed by atoms with E-state index in [2.05, 4.69) is 0 Å². The number of benzene rings is 2. The topological polar surface area (TPSA) is 108 Å². The zero-order valence-electron chi connectivity index (χ0n) is 21.4. The molecule has 0 bridgehead atoms. The number of ether oxygens (including phenoxy) is 2. The Kier molecular flexibility index (Phi) is 9.07. The van der Waals surface area contributed by atoms with Gasteiger partial charge in [0.1, 0.15) is 11.9 Å². The fraction of sp³-hybridized carbons (Fsp3) is 0.440. The number of imide groups is 1. The number of aliphatic hydroxyl groups excluding tert-OH is 1. The Balaban J connectivity index is 1.75. The predicted molar refractivity (Wildman–Crippen MR) is 144 cm³/mol. The molecule has 2 heterocycles. The molecule has 0 aliphatic carbocycles. The van der Waals surface area contributed by atoms with Gasteiger partial charge >= 0.3 is 16.1 Å². The molecule has 0 aromatic heterocycles. The van der Waals surface area contributed by atoms with Crippen LogP contribution in [0.25, 0.3) is 0 Å². The summed E-state index contributed by atoms with van der Waals surface area (Å²) in [6.07, 6.45) is -7.61. The molecule has 2 fully saturated rings. The average molecular weight is 719 g/mol. The SMILES string of the molecule is CN1C(=O)N(CCOCCO)C(=O)C2(C1N)[C@@H](Oc1cc(C(F)(F)F)cc(C(F)(F)I)c1)N2Cc1ccc(Cl)cc1. The molecular formula is C25H25ClF5IN4O5. The van der Waals surface area contributed by atoms with Crippen molar-refractivity contribution < 1.29 is 46.1 Å². The number of nitrogens with two attached hydrogens (primary N) is 1. The molecule has 2 aromatic rings. The van der Waals surface area contributed by atoms with E-state index in [-0.39, 0.29) is 32.9 Å². The lowest BCUT2D eigenvalue weighted by Gasteiger charge is -2.41. The third kappa shape index (κ3) is 6.24. The van der Waals surface area contributed by atoms with Gasteiger partial charge in [-0.15, -0.1) is 0 Å². The molecule has 1 spiro atoms. The molecule has 4 rings (SSSR count). The molecule has 16 heteroatoms. The molecule has 9 nitrogen and oxygen atoms in total. The van der Waals surface area contributed by atoms with Crippen LogP contribution in [0.1, 0.15) is 16.7 Å². The number of hydrogen-bond donors (Lipinski definition) is 2. The highest BCUT2D eigenvalue weighted by atomic mass is 127. The lowest BCUT2D eigenvalue weighted by Crippen LogP contribution is -2.70. The number of likely N-dealkylation sites (N-methyl/N-ethyl adjacent to an activating group) is 1. The van der Waals surface area contributed by atoms with E-state index in [4.69, 9.17) is 31.9 Å². The van der Waals surface area contributed by atoms with Crippen molar-refractivity contribution in [2.45, 2.75) is 34.6 Å². The van der Waals surface area contributed by atoms with Crippen molar-refractivity contribution in [3.05, 3.63) is 64.2 Å². The van der Waals surface area contributed by atoms with Gasteiger partial charge in [-0.2, -0.15) is 22.0 Å².